The van der Waals surface area contributed by atoms with Crippen LogP contribution in [-0.2, 0) is 11.2 Å². The van der Waals surface area contributed by atoms with Crippen LogP contribution in [0.4, 0.5) is 10.1 Å². The van der Waals surface area contributed by atoms with Gasteiger partial charge in [-0.15, -0.1) is 0 Å². The number of halogens is 1. The van der Waals surface area contributed by atoms with Gasteiger partial charge in [0.1, 0.15) is 5.82 Å². The summed E-state index contributed by atoms with van der Waals surface area (Å²) in [5.41, 5.74) is 1.67. The van der Waals surface area contributed by atoms with E-state index in [0.29, 0.717) is 30.1 Å². The van der Waals surface area contributed by atoms with E-state index in [1.807, 2.05) is 13.8 Å². The molecule has 2 N–H and O–H groups in total. The molecule has 5 heteroatoms. The fraction of sp³-hybridized carbons (Fsp3) is 0.300. The molecule has 2 aromatic rings. The molecule has 0 aliphatic heterocycles. The molecule has 0 spiro atoms. The Morgan fingerprint density at radius 2 is 1.84 bits per heavy atom. The maximum atomic E-state index is 13.2. The molecule has 0 saturated carbocycles. The number of carbonyl (C=O) groups excluding carboxylic acids is 2. The summed E-state index contributed by atoms with van der Waals surface area (Å²) in [5.74, 6) is -0.398. The standard InChI is InChI=1S/C20H23FN2O2/c1-14(2)13-22-20(25)17-8-3-4-9-18(17)23-19(24)11-10-15-6-5-7-16(21)12-15/h3-9,12,14H,10-11,13H2,1-2H3,(H,22,25)(H,23,24). The van der Waals surface area contributed by atoms with Gasteiger partial charge in [0.05, 0.1) is 11.3 Å². The Balaban J connectivity index is 1.97. The normalized spacial score (nSPS) is 10.6. The van der Waals surface area contributed by atoms with Crippen LogP contribution in [0.25, 0.3) is 0 Å². The lowest BCUT2D eigenvalue weighted by molar-refractivity contribution is -0.116. The summed E-state index contributed by atoms with van der Waals surface area (Å²) in [6.45, 7) is 4.60. The van der Waals surface area contributed by atoms with Crippen molar-refractivity contribution in [3.63, 3.8) is 0 Å². The van der Waals surface area contributed by atoms with Gasteiger partial charge in [-0.3, -0.25) is 9.59 Å². The number of para-hydroxylation sites is 1. The minimum atomic E-state index is -0.315. The highest BCUT2D eigenvalue weighted by atomic mass is 19.1. The number of anilines is 1. The molecule has 0 aliphatic carbocycles. The van der Waals surface area contributed by atoms with Crippen molar-refractivity contribution in [1.82, 2.24) is 5.32 Å². The van der Waals surface area contributed by atoms with E-state index >= 15 is 0 Å². The van der Waals surface area contributed by atoms with Crippen LogP contribution in [0.1, 0.15) is 36.2 Å². The van der Waals surface area contributed by atoms with Crippen molar-refractivity contribution in [2.45, 2.75) is 26.7 Å². The van der Waals surface area contributed by atoms with E-state index in [4.69, 9.17) is 0 Å². The van der Waals surface area contributed by atoms with Gasteiger partial charge in [0, 0.05) is 13.0 Å². The van der Waals surface area contributed by atoms with Gasteiger partial charge in [0.2, 0.25) is 5.91 Å². The van der Waals surface area contributed by atoms with E-state index in [1.54, 1.807) is 36.4 Å². The molecule has 0 aliphatic rings. The Morgan fingerprint density at radius 1 is 1.08 bits per heavy atom. The molecule has 0 atom stereocenters. The summed E-state index contributed by atoms with van der Waals surface area (Å²) in [5, 5.41) is 5.61. The zero-order chi connectivity index (χ0) is 18.2. The number of carbonyl (C=O) groups is 2. The first-order valence-corrected chi connectivity index (χ1v) is 8.37. The lowest BCUT2D eigenvalue weighted by atomic mass is 10.1. The van der Waals surface area contributed by atoms with E-state index in [2.05, 4.69) is 10.6 Å². The molecular weight excluding hydrogens is 319 g/mol. The van der Waals surface area contributed by atoms with Crippen LogP contribution in [0.15, 0.2) is 48.5 Å². The molecule has 4 nitrogen and oxygen atoms in total. The van der Waals surface area contributed by atoms with Gasteiger partial charge in [-0.05, 0) is 42.2 Å². The Bertz CT molecular complexity index is 744. The van der Waals surface area contributed by atoms with Crippen molar-refractivity contribution < 1.29 is 14.0 Å². The van der Waals surface area contributed by atoms with Crippen LogP contribution >= 0.6 is 0 Å². The predicted molar refractivity (Wildman–Crippen MR) is 97.0 cm³/mol. The summed E-state index contributed by atoms with van der Waals surface area (Å²) in [7, 11) is 0. The number of amides is 2. The van der Waals surface area contributed by atoms with Crippen LogP contribution in [-0.4, -0.2) is 18.4 Å². The maximum Gasteiger partial charge on any atom is 0.253 e. The number of rotatable bonds is 7. The molecule has 0 bridgehead atoms. The van der Waals surface area contributed by atoms with Gasteiger partial charge in [0.15, 0.2) is 0 Å². The van der Waals surface area contributed by atoms with Gasteiger partial charge in [-0.1, -0.05) is 38.1 Å². The Labute approximate surface area is 147 Å². The van der Waals surface area contributed by atoms with Crippen molar-refractivity contribution in [3.8, 4) is 0 Å². The lowest BCUT2D eigenvalue weighted by Gasteiger charge is -2.12. The van der Waals surface area contributed by atoms with Crippen molar-refractivity contribution in [2.24, 2.45) is 5.92 Å². The third kappa shape index (κ3) is 6.03. The van der Waals surface area contributed by atoms with Crippen molar-refractivity contribution in [1.29, 1.82) is 0 Å². The number of aryl methyl sites for hydroxylation is 1. The quantitative estimate of drug-likeness (QED) is 0.804. The molecule has 25 heavy (non-hydrogen) atoms. The summed E-state index contributed by atoms with van der Waals surface area (Å²) in [6, 6.07) is 13.1. The average Bonchev–Trinajstić information content (AvgIpc) is 2.58. The molecule has 0 heterocycles. The molecular formula is C20H23FN2O2. The monoisotopic (exact) mass is 342 g/mol. The van der Waals surface area contributed by atoms with Crippen molar-refractivity contribution in [3.05, 3.63) is 65.5 Å². The van der Waals surface area contributed by atoms with E-state index < -0.39 is 0 Å². The van der Waals surface area contributed by atoms with E-state index in [0.717, 1.165) is 5.56 Å². The van der Waals surface area contributed by atoms with Crippen molar-refractivity contribution >= 4 is 17.5 Å². The van der Waals surface area contributed by atoms with E-state index in [-0.39, 0.29) is 24.1 Å². The SMILES string of the molecule is CC(C)CNC(=O)c1ccccc1NC(=O)CCc1cccc(F)c1. The first-order chi connectivity index (χ1) is 12.0. The molecule has 0 radical (unpaired) electrons. The molecule has 0 fully saturated rings. The van der Waals surface area contributed by atoms with Crippen LogP contribution < -0.4 is 10.6 Å². The van der Waals surface area contributed by atoms with Gasteiger partial charge >= 0.3 is 0 Å². The lowest BCUT2D eigenvalue weighted by Crippen LogP contribution is -2.28. The minimum Gasteiger partial charge on any atom is -0.352 e. The summed E-state index contributed by atoms with van der Waals surface area (Å²) >= 11 is 0. The molecule has 0 aromatic heterocycles. The largest absolute Gasteiger partial charge is 0.352 e. The zero-order valence-corrected chi connectivity index (χ0v) is 14.5. The molecule has 0 saturated heterocycles. The molecule has 132 valence electrons. The summed E-state index contributed by atoms with van der Waals surface area (Å²) in [4.78, 5) is 24.4. The maximum absolute atomic E-state index is 13.2. The second-order valence-electron chi connectivity index (χ2n) is 6.33. The van der Waals surface area contributed by atoms with Gasteiger partial charge < -0.3 is 10.6 Å². The molecule has 2 aromatic carbocycles. The van der Waals surface area contributed by atoms with Gasteiger partial charge in [-0.2, -0.15) is 0 Å². The average molecular weight is 342 g/mol. The van der Waals surface area contributed by atoms with Gasteiger partial charge in [-0.25, -0.2) is 4.39 Å². The molecule has 2 rings (SSSR count). The minimum absolute atomic E-state index is 0.213. The smallest absolute Gasteiger partial charge is 0.253 e. The first kappa shape index (κ1) is 18.6. The highest BCUT2D eigenvalue weighted by molar-refractivity contribution is 6.03. The second kappa shape index (κ2) is 8.97. The summed E-state index contributed by atoms with van der Waals surface area (Å²) < 4.78 is 13.2. The predicted octanol–water partition coefficient (Wildman–Crippen LogP) is 3.78. The number of nitrogens with one attached hydrogen (secondary N) is 2. The third-order valence-electron chi connectivity index (χ3n) is 3.65. The molecule has 2 amide bonds. The Kier molecular flexibility index (Phi) is 6.69. The Morgan fingerprint density at radius 3 is 2.56 bits per heavy atom. The zero-order valence-electron chi connectivity index (χ0n) is 14.5. The first-order valence-electron chi connectivity index (χ1n) is 8.37. The molecule has 0 unspecified atom stereocenters. The van der Waals surface area contributed by atoms with Gasteiger partial charge in [0.25, 0.3) is 5.91 Å². The number of hydrogen-bond acceptors (Lipinski definition) is 2. The fourth-order valence-corrected chi connectivity index (χ4v) is 2.35. The highest BCUT2D eigenvalue weighted by Crippen LogP contribution is 2.16. The van der Waals surface area contributed by atoms with Crippen LogP contribution in [0.3, 0.4) is 0 Å². The topological polar surface area (TPSA) is 58.2 Å². The highest BCUT2D eigenvalue weighted by Gasteiger charge is 2.13. The van der Waals surface area contributed by atoms with Crippen LogP contribution in [0.5, 0.6) is 0 Å². The number of hydrogen-bond donors (Lipinski definition) is 2. The Hall–Kier alpha value is -2.69. The fourth-order valence-electron chi connectivity index (χ4n) is 2.35. The second-order valence-corrected chi connectivity index (χ2v) is 6.33. The third-order valence-corrected chi connectivity index (χ3v) is 3.65. The van der Waals surface area contributed by atoms with Crippen LogP contribution in [0.2, 0.25) is 0 Å². The van der Waals surface area contributed by atoms with E-state index in [1.165, 1.54) is 12.1 Å². The van der Waals surface area contributed by atoms with Crippen LogP contribution in [0, 0.1) is 11.7 Å². The van der Waals surface area contributed by atoms with Crippen molar-refractivity contribution in [2.75, 3.05) is 11.9 Å². The summed E-state index contributed by atoms with van der Waals surface area (Å²) in [6.07, 6.45) is 0.650. The van der Waals surface area contributed by atoms with E-state index in [9.17, 15) is 14.0 Å². The number of benzene rings is 2.